The molecule has 0 saturated heterocycles. The molecule has 0 aliphatic heterocycles. The molecule has 102 valence electrons. The Kier molecular flexibility index (Phi) is 4.80. The normalized spacial score (nSPS) is 12.9. The minimum absolute atomic E-state index is 0.0480. The van der Waals surface area contributed by atoms with E-state index in [1.54, 1.807) is 12.1 Å². The highest BCUT2D eigenvalue weighted by Crippen LogP contribution is 2.38. The molecule has 0 bridgehead atoms. The summed E-state index contributed by atoms with van der Waals surface area (Å²) in [6.07, 6.45) is -2.46. The summed E-state index contributed by atoms with van der Waals surface area (Å²) in [4.78, 5) is 0. The van der Waals surface area contributed by atoms with Crippen molar-refractivity contribution >= 4 is 30.9 Å². The number of rotatable bonds is 3. The van der Waals surface area contributed by atoms with Gasteiger partial charge in [-0.25, -0.2) is 8.78 Å². The second kappa shape index (κ2) is 5.44. The monoisotopic (exact) mass is 384 g/mol. The predicted octanol–water partition coefficient (Wildman–Crippen LogP) is 5.61. The number of hydrogen-bond acceptors (Lipinski definition) is 1. The van der Waals surface area contributed by atoms with Crippen molar-refractivity contribution in [2.24, 2.45) is 0 Å². The van der Waals surface area contributed by atoms with Gasteiger partial charge in [0.05, 0.1) is 0 Å². The summed E-state index contributed by atoms with van der Waals surface area (Å²) in [6.45, 7) is 10.6. The molecule has 1 rings (SSSR count). The fourth-order valence-electron chi connectivity index (χ4n) is 1.20. The van der Waals surface area contributed by atoms with E-state index in [0.717, 1.165) is 0 Å². The summed E-state index contributed by atoms with van der Waals surface area (Å²) < 4.78 is 32.2. The van der Waals surface area contributed by atoms with Gasteiger partial charge < -0.3 is 4.43 Å². The van der Waals surface area contributed by atoms with E-state index >= 15 is 0 Å². The molecule has 0 amide bonds. The van der Waals surface area contributed by atoms with Crippen LogP contribution in [0.3, 0.4) is 0 Å². The fourth-order valence-corrected chi connectivity index (χ4v) is 2.79. The molecule has 1 nitrogen and oxygen atoms in total. The van der Waals surface area contributed by atoms with Gasteiger partial charge >= 0.3 is 0 Å². The molecule has 1 aromatic rings. The van der Waals surface area contributed by atoms with Crippen molar-refractivity contribution in [1.82, 2.24) is 0 Å². The molecule has 0 atom stereocenters. The first-order chi connectivity index (χ1) is 8.04. The lowest BCUT2D eigenvalue weighted by atomic mass is 10.2. The van der Waals surface area contributed by atoms with Gasteiger partial charge in [0.1, 0.15) is 5.75 Å². The van der Waals surface area contributed by atoms with E-state index < -0.39 is 14.7 Å². The lowest BCUT2D eigenvalue weighted by Gasteiger charge is -2.36. The molecule has 1 aromatic carbocycles. The molecular formula is C13H19F2IOSi. The number of alkyl halides is 2. The third-order valence-electron chi connectivity index (χ3n) is 3.38. The molecule has 0 radical (unpaired) electrons. The van der Waals surface area contributed by atoms with E-state index in [2.05, 4.69) is 33.9 Å². The van der Waals surface area contributed by atoms with E-state index in [1.165, 1.54) is 6.07 Å². The molecule has 0 N–H and O–H groups in total. The Hall–Kier alpha value is -0.173. The maximum Gasteiger partial charge on any atom is 0.265 e. The van der Waals surface area contributed by atoms with E-state index in [1.807, 2.05) is 22.6 Å². The highest BCUT2D eigenvalue weighted by atomic mass is 127. The summed E-state index contributed by atoms with van der Waals surface area (Å²) >= 11 is 1.92. The largest absolute Gasteiger partial charge is 0.543 e. The van der Waals surface area contributed by atoms with Crippen molar-refractivity contribution < 1.29 is 13.2 Å². The summed E-state index contributed by atoms with van der Waals surface area (Å²) in [5.41, 5.74) is 0.0480. The van der Waals surface area contributed by atoms with Gasteiger partial charge in [0.25, 0.3) is 6.43 Å². The Morgan fingerprint density at radius 3 is 2.22 bits per heavy atom. The second-order valence-corrected chi connectivity index (χ2v) is 11.7. The van der Waals surface area contributed by atoms with Crippen LogP contribution in [0.1, 0.15) is 32.8 Å². The van der Waals surface area contributed by atoms with Crippen LogP contribution in [0, 0.1) is 3.57 Å². The van der Waals surface area contributed by atoms with Gasteiger partial charge in [0, 0.05) is 9.13 Å². The Labute approximate surface area is 122 Å². The molecule has 0 saturated carbocycles. The average Bonchev–Trinajstić information content (AvgIpc) is 2.18. The van der Waals surface area contributed by atoms with Crippen LogP contribution in [0.25, 0.3) is 0 Å². The highest BCUT2D eigenvalue weighted by molar-refractivity contribution is 14.1. The Morgan fingerprint density at radius 2 is 1.78 bits per heavy atom. The molecular weight excluding hydrogens is 365 g/mol. The van der Waals surface area contributed by atoms with Crippen molar-refractivity contribution in [3.05, 3.63) is 27.3 Å². The van der Waals surface area contributed by atoms with Crippen LogP contribution < -0.4 is 4.43 Å². The molecule has 5 heteroatoms. The van der Waals surface area contributed by atoms with Crippen LogP contribution in [0.15, 0.2) is 18.2 Å². The second-order valence-electron chi connectivity index (χ2n) is 5.85. The zero-order valence-electron chi connectivity index (χ0n) is 11.4. The lowest BCUT2D eigenvalue weighted by molar-refractivity contribution is 0.150. The minimum atomic E-state index is -2.46. The Bertz CT molecular complexity index is 427. The third kappa shape index (κ3) is 3.66. The molecule has 0 aromatic heterocycles. The van der Waals surface area contributed by atoms with Gasteiger partial charge in [0.15, 0.2) is 0 Å². The van der Waals surface area contributed by atoms with Crippen LogP contribution >= 0.6 is 22.6 Å². The van der Waals surface area contributed by atoms with Crippen molar-refractivity contribution in [1.29, 1.82) is 0 Å². The molecule has 0 aliphatic rings. The summed E-state index contributed by atoms with van der Waals surface area (Å²) in [5.74, 6) is 0.553. The van der Waals surface area contributed by atoms with Crippen molar-refractivity contribution in [3.8, 4) is 5.75 Å². The quantitative estimate of drug-likeness (QED) is 0.486. The highest BCUT2D eigenvalue weighted by Gasteiger charge is 2.39. The van der Waals surface area contributed by atoms with Crippen LogP contribution in [0.5, 0.6) is 5.75 Å². The topological polar surface area (TPSA) is 9.23 Å². The van der Waals surface area contributed by atoms with Crippen LogP contribution in [0.4, 0.5) is 8.78 Å². The van der Waals surface area contributed by atoms with E-state index in [0.29, 0.717) is 9.32 Å². The SMILES string of the molecule is CC(C)(C)[Si](C)(C)Oc1ccc(I)c(C(F)F)c1. The maximum atomic E-state index is 12.8. The van der Waals surface area contributed by atoms with Crippen LogP contribution in [-0.2, 0) is 0 Å². The first-order valence-corrected chi connectivity index (χ1v) is 9.80. The van der Waals surface area contributed by atoms with Gasteiger partial charge in [-0.2, -0.15) is 0 Å². The number of halogens is 3. The fraction of sp³-hybridized carbons (Fsp3) is 0.538. The molecule has 18 heavy (non-hydrogen) atoms. The molecule has 0 unspecified atom stereocenters. The zero-order chi connectivity index (χ0) is 14.1. The Balaban J connectivity index is 3.03. The number of benzene rings is 1. The van der Waals surface area contributed by atoms with Crippen molar-refractivity contribution in [3.63, 3.8) is 0 Å². The van der Waals surface area contributed by atoms with Crippen LogP contribution in [0.2, 0.25) is 18.1 Å². The third-order valence-corrected chi connectivity index (χ3v) is 8.72. The minimum Gasteiger partial charge on any atom is -0.543 e. The predicted molar refractivity (Wildman–Crippen MR) is 81.9 cm³/mol. The molecule has 0 heterocycles. The van der Waals surface area contributed by atoms with Gasteiger partial charge in [-0.15, -0.1) is 0 Å². The summed E-state index contributed by atoms with van der Waals surface area (Å²) in [5, 5.41) is 0.0565. The molecule has 0 spiro atoms. The average molecular weight is 384 g/mol. The number of hydrogen-bond donors (Lipinski definition) is 0. The summed E-state index contributed by atoms with van der Waals surface area (Å²) in [6, 6.07) is 4.92. The first kappa shape index (κ1) is 15.9. The standard InChI is InChI=1S/C13H19F2IOSi/c1-13(2,3)18(4,5)17-9-6-7-11(16)10(8-9)12(14)15/h6-8,12H,1-5H3. The van der Waals surface area contributed by atoms with Crippen molar-refractivity contribution in [2.45, 2.75) is 45.3 Å². The maximum absolute atomic E-state index is 12.8. The molecule has 0 aliphatic carbocycles. The van der Waals surface area contributed by atoms with Crippen molar-refractivity contribution in [2.75, 3.05) is 0 Å². The Morgan fingerprint density at radius 1 is 1.22 bits per heavy atom. The lowest BCUT2D eigenvalue weighted by Crippen LogP contribution is -2.43. The zero-order valence-corrected chi connectivity index (χ0v) is 14.5. The van der Waals surface area contributed by atoms with Gasteiger partial charge in [-0.05, 0) is 58.9 Å². The van der Waals surface area contributed by atoms with E-state index in [-0.39, 0.29) is 10.6 Å². The van der Waals surface area contributed by atoms with E-state index in [9.17, 15) is 8.78 Å². The molecule has 0 fully saturated rings. The van der Waals surface area contributed by atoms with Gasteiger partial charge in [-0.3, -0.25) is 0 Å². The van der Waals surface area contributed by atoms with Gasteiger partial charge in [0.2, 0.25) is 8.32 Å². The summed E-state index contributed by atoms with van der Waals surface area (Å²) in [7, 11) is -1.97. The van der Waals surface area contributed by atoms with Gasteiger partial charge in [-0.1, -0.05) is 20.8 Å². The smallest absolute Gasteiger partial charge is 0.265 e. The first-order valence-electron chi connectivity index (χ1n) is 5.81. The van der Waals surface area contributed by atoms with E-state index in [4.69, 9.17) is 4.43 Å². The van der Waals surface area contributed by atoms with Crippen LogP contribution in [-0.4, -0.2) is 8.32 Å².